The zero-order valence-corrected chi connectivity index (χ0v) is 18.0. The summed E-state index contributed by atoms with van der Waals surface area (Å²) in [5, 5.41) is 3.06. The topological polar surface area (TPSA) is 84.3 Å². The molecule has 1 atom stereocenters. The van der Waals surface area contributed by atoms with Crippen LogP contribution in [0.2, 0.25) is 0 Å². The molecule has 0 radical (unpaired) electrons. The zero-order chi connectivity index (χ0) is 20.6. The molecule has 0 spiro atoms. The van der Waals surface area contributed by atoms with Gasteiger partial charge in [-0.05, 0) is 57.5 Å². The number of amides is 1. The van der Waals surface area contributed by atoms with Crippen molar-refractivity contribution >= 4 is 32.5 Å². The van der Waals surface area contributed by atoms with Crippen molar-refractivity contribution in [3.8, 4) is 0 Å². The maximum Gasteiger partial charge on any atom is 0.227 e. The molecule has 4 rings (SSSR count). The second-order valence-corrected chi connectivity index (χ2v) is 10.4. The van der Waals surface area contributed by atoms with Crippen molar-refractivity contribution in [1.82, 2.24) is 14.5 Å². The molecule has 1 amide bonds. The summed E-state index contributed by atoms with van der Waals surface area (Å²) in [4.78, 5) is 19.7. The van der Waals surface area contributed by atoms with E-state index in [1.165, 1.54) is 0 Å². The molecule has 8 heteroatoms. The Labute approximate surface area is 172 Å². The van der Waals surface area contributed by atoms with E-state index in [0.29, 0.717) is 5.75 Å². The second kappa shape index (κ2) is 8.07. The van der Waals surface area contributed by atoms with Gasteiger partial charge in [0, 0.05) is 30.6 Å². The van der Waals surface area contributed by atoms with Crippen LogP contribution in [0.4, 0.5) is 5.69 Å². The molecule has 7 nitrogen and oxygen atoms in total. The van der Waals surface area contributed by atoms with Gasteiger partial charge in [0.2, 0.25) is 5.91 Å². The number of piperidine rings is 1. The standard InChI is InChI=1S/C21H30N4O3S/c1-3-20-23-18-13-16(5-6-19(18)25(20)4-2)22-21(26)15-7-10-24(11-8-15)17-9-12-29(27,28)14-17/h5-6,13,15,17H,3-4,7-12,14H2,1-2H3,(H,22,26). The molecule has 1 N–H and O–H groups in total. The number of sulfone groups is 1. The normalized spacial score (nSPS) is 22.9. The molecule has 1 unspecified atom stereocenters. The van der Waals surface area contributed by atoms with Crippen molar-refractivity contribution < 1.29 is 13.2 Å². The summed E-state index contributed by atoms with van der Waals surface area (Å²) in [6.07, 6.45) is 3.15. The van der Waals surface area contributed by atoms with Gasteiger partial charge in [-0.3, -0.25) is 9.69 Å². The summed E-state index contributed by atoms with van der Waals surface area (Å²) in [7, 11) is -2.87. The number of fused-ring (bicyclic) bond motifs is 1. The van der Waals surface area contributed by atoms with Crippen LogP contribution in [0.5, 0.6) is 0 Å². The number of nitrogens with one attached hydrogen (secondary N) is 1. The minimum atomic E-state index is -2.87. The van der Waals surface area contributed by atoms with E-state index in [1.54, 1.807) is 0 Å². The van der Waals surface area contributed by atoms with Gasteiger partial charge in [0.1, 0.15) is 5.82 Å². The molecule has 2 aliphatic heterocycles. The average molecular weight is 419 g/mol. The summed E-state index contributed by atoms with van der Waals surface area (Å²) in [5.74, 6) is 1.66. The lowest BCUT2D eigenvalue weighted by molar-refractivity contribution is -0.121. The Balaban J connectivity index is 1.37. The quantitative estimate of drug-likeness (QED) is 0.806. The molecule has 1 aromatic heterocycles. The highest BCUT2D eigenvalue weighted by atomic mass is 32.2. The molecule has 0 saturated carbocycles. The number of hydrogen-bond acceptors (Lipinski definition) is 5. The number of aryl methyl sites for hydroxylation is 2. The predicted octanol–water partition coefficient (Wildman–Crippen LogP) is 2.46. The molecule has 0 aliphatic carbocycles. The molecule has 2 aromatic rings. The van der Waals surface area contributed by atoms with Gasteiger partial charge < -0.3 is 9.88 Å². The third-order valence-corrected chi connectivity index (χ3v) is 8.10. The number of aromatic nitrogens is 2. The Morgan fingerprint density at radius 1 is 1.21 bits per heavy atom. The predicted molar refractivity (Wildman–Crippen MR) is 115 cm³/mol. The molecule has 1 aromatic carbocycles. The Hall–Kier alpha value is -1.93. The van der Waals surface area contributed by atoms with Crippen molar-refractivity contribution in [2.24, 2.45) is 5.92 Å². The number of carbonyl (C=O) groups excluding carboxylic acids is 1. The third kappa shape index (κ3) is 4.19. The van der Waals surface area contributed by atoms with E-state index in [4.69, 9.17) is 4.98 Å². The first-order valence-electron chi connectivity index (χ1n) is 10.6. The highest BCUT2D eigenvalue weighted by Crippen LogP contribution is 2.26. The minimum Gasteiger partial charge on any atom is -0.328 e. The fourth-order valence-corrected chi connectivity index (χ4v) is 6.48. The van der Waals surface area contributed by atoms with Gasteiger partial charge in [0.05, 0.1) is 22.5 Å². The first-order chi connectivity index (χ1) is 13.9. The lowest BCUT2D eigenvalue weighted by Gasteiger charge is -2.34. The van der Waals surface area contributed by atoms with Gasteiger partial charge in [-0.2, -0.15) is 0 Å². The van der Waals surface area contributed by atoms with E-state index < -0.39 is 9.84 Å². The Kier molecular flexibility index (Phi) is 5.66. The van der Waals surface area contributed by atoms with Crippen molar-refractivity contribution in [3.63, 3.8) is 0 Å². The monoisotopic (exact) mass is 418 g/mol. The summed E-state index contributed by atoms with van der Waals surface area (Å²) in [6.45, 7) is 6.68. The number of hydrogen-bond donors (Lipinski definition) is 1. The van der Waals surface area contributed by atoms with Crippen LogP contribution < -0.4 is 5.32 Å². The number of carbonyl (C=O) groups is 1. The molecule has 29 heavy (non-hydrogen) atoms. The van der Waals surface area contributed by atoms with Gasteiger partial charge in [0.25, 0.3) is 0 Å². The lowest BCUT2D eigenvalue weighted by Crippen LogP contribution is -2.44. The van der Waals surface area contributed by atoms with Crippen LogP contribution in [-0.4, -0.2) is 59.4 Å². The van der Waals surface area contributed by atoms with E-state index in [1.807, 2.05) is 18.2 Å². The highest BCUT2D eigenvalue weighted by molar-refractivity contribution is 7.91. The van der Waals surface area contributed by atoms with Gasteiger partial charge in [-0.25, -0.2) is 13.4 Å². The second-order valence-electron chi connectivity index (χ2n) is 8.19. The molecule has 3 heterocycles. The van der Waals surface area contributed by atoms with Crippen molar-refractivity contribution in [2.75, 3.05) is 29.9 Å². The Morgan fingerprint density at radius 3 is 2.59 bits per heavy atom. The van der Waals surface area contributed by atoms with Crippen molar-refractivity contribution in [2.45, 2.75) is 52.1 Å². The fraction of sp³-hybridized carbons (Fsp3) is 0.619. The lowest BCUT2D eigenvalue weighted by atomic mass is 9.94. The number of anilines is 1. The first-order valence-corrected chi connectivity index (χ1v) is 12.5. The van der Waals surface area contributed by atoms with Gasteiger partial charge in [-0.15, -0.1) is 0 Å². The fourth-order valence-electron chi connectivity index (χ4n) is 4.71. The van der Waals surface area contributed by atoms with E-state index in [-0.39, 0.29) is 23.6 Å². The summed E-state index contributed by atoms with van der Waals surface area (Å²) >= 11 is 0. The first kappa shape index (κ1) is 20.3. The summed E-state index contributed by atoms with van der Waals surface area (Å²) < 4.78 is 25.6. The Bertz CT molecular complexity index is 1010. The van der Waals surface area contributed by atoms with Gasteiger partial charge in [-0.1, -0.05) is 6.92 Å². The van der Waals surface area contributed by atoms with E-state index in [0.717, 1.165) is 67.9 Å². The molecule has 0 bridgehead atoms. The highest BCUT2D eigenvalue weighted by Gasteiger charge is 2.35. The molecule has 2 fully saturated rings. The largest absolute Gasteiger partial charge is 0.328 e. The van der Waals surface area contributed by atoms with Crippen LogP contribution >= 0.6 is 0 Å². The van der Waals surface area contributed by atoms with Crippen LogP contribution in [0, 0.1) is 5.92 Å². The molecule has 2 aliphatic rings. The molecular weight excluding hydrogens is 388 g/mol. The summed E-state index contributed by atoms with van der Waals surface area (Å²) in [6, 6.07) is 6.07. The van der Waals surface area contributed by atoms with Gasteiger partial charge >= 0.3 is 0 Å². The maximum atomic E-state index is 12.8. The van der Waals surface area contributed by atoms with Gasteiger partial charge in [0.15, 0.2) is 9.84 Å². The molecular formula is C21H30N4O3S. The number of nitrogens with zero attached hydrogens (tertiary/aromatic N) is 3. The van der Waals surface area contributed by atoms with E-state index in [2.05, 4.69) is 28.6 Å². The number of benzene rings is 1. The number of likely N-dealkylation sites (tertiary alicyclic amines) is 1. The minimum absolute atomic E-state index is 0.0284. The van der Waals surface area contributed by atoms with Crippen molar-refractivity contribution in [3.05, 3.63) is 24.0 Å². The van der Waals surface area contributed by atoms with Crippen LogP contribution in [0.25, 0.3) is 11.0 Å². The van der Waals surface area contributed by atoms with Crippen LogP contribution in [-0.2, 0) is 27.6 Å². The Morgan fingerprint density at radius 2 is 1.97 bits per heavy atom. The molecule has 158 valence electrons. The van der Waals surface area contributed by atoms with E-state index >= 15 is 0 Å². The number of imidazole rings is 1. The zero-order valence-electron chi connectivity index (χ0n) is 17.2. The molecule has 2 saturated heterocycles. The van der Waals surface area contributed by atoms with E-state index in [9.17, 15) is 13.2 Å². The number of rotatable bonds is 5. The SMILES string of the molecule is CCc1nc2cc(NC(=O)C3CCN(C4CCS(=O)(=O)C4)CC3)ccc2n1CC. The van der Waals surface area contributed by atoms with Crippen LogP contribution in [0.15, 0.2) is 18.2 Å². The van der Waals surface area contributed by atoms with Crippen LogP contribution in [0.3, 0.4) is 0 Å². The van der Waals surface area contributed by atoms with Crippen LogP contribution in [0.1, 0.15) is 38.9 Å². The third-order valence-electron chi connectivity index (χ3n) is 6.35. The smallest absolute Gasteiger partial charge is 0.227 e. The average Bonchev–Trinajstić information content (AvgIpc) is 3.26. The van der Waals surface area contributed by atoms with Crippen molar-refractivity contribution in [1.29, 1.82) is 0 Å². The summed E-state index contributed by atoms with van der Waals surface area (Å²) in [5.41, 5.74) is 2.80. The maximum absolute atomic E-state index is 12.8.